The van der Waals surface area contributed by atoms with Crippen molar-refractivity contribution < 1.29 is 9.47 Å². The van der Waals surface area contributed by atoms with Gasteiger partial charge in [-0.3, -0.25) is 0 Å². The van der Waals surface area contributed by atoms with Crippen molar-refractivity contribution in [2.45, 2.75) is 19.9 Å². The number of nitrogens with one attached hydrogen (secondary N) is 1. The van der Waals surface area contributed by atoms with Gasteiger partial charge in [-0.15, -0.1) is 6.58 Å². The van der Waals surface area contributed by atoms with E-state index < -0.39 is 0 Å². The second kappa shape index (κ2) is 10.4. The summed E-state index contributed by atoms with van der Waals surface area (Å²) in [5, 5.41) is 3.36. The Morgan fingerprint density at radius 2 is 2.10 bits per heavy atom. The second-order valence-corrected chi connectivity index (χ2v) is 5.95. The predicted octanol–water partition coefficient (Wildman–Crippen LogP) is 4.29. The van der Waals surface area contributed by atoms with E-state index in [1.807, 2.05) is 19.1 Å². The van der Waals surface area contributed by atoms with Crippen molar-refractivity contribution in [2.75, 3.05) is 26.4 Å². The zero-order valence-corrected chi connectivity index (χ0v) is 14.9. The van der Waals surface area contributed by atoms with Crippen LogP contribution in [0.3, 0.4) is 0 Å². The highest BCUT2D eigenvalue weighted by molar-refractivity contribution is 9.11. The molecule has 0 aromatic heterocycles. The Morgan fingerprint density at radius 3 is 2.80 bits per heavy atom. The Kier molecular flexibility index (Phi) is 9.18. The van der Waals surface area contributed by atoms with Crippen molar-refractivity contribution in [1.82, 2.24) is 5.32 Å². The molecular weight excluding hydrogens is 386 g/mol. The van der Waals surface area contributed by atoms with Crippen LogP contribution in [0.15, 0.2) is 33.7 Å². The van der Waals surface area contributed by atoms with Gasteiger partial charge in [0.15, 0.2) is 0 Å². The van der Waals surface area contributed by atoms with Crippen LogP contribution in [0.4, 0.5) is 0 Å². The Morgan fingerprint density at radius 1 is 1.30 bits per heavy atom. The van der Waals surface area contributed by atoms with Gasteiger partial charge in [-0.2, -0.15) is 0 Å². The van der Waals surface area contributed by atoms with Crippen molar-refractivity contribution in [3.05, 3.63) is 39.3 Å². The number of rotatable bonds is 10. The standard InChI is InChI=1S/C15H21Br2NO2/c1-3-5-7-19-8-6-18-11-12-9-13(16)10-14(17)15(12)20-4-2/h3,9-10,18H,1,4-8,11H2,2H3. The van der Waals surface area contributed by atoms with Gasteiger partial charge in [-0.05, 0) is 41.4 Å². The monoisotopic (exact) mass is 405 g/mol. The molecule has 0 saturated carbocycles. The summed E-state index contributed by atoms with van der Waals surface area (Å²) in [7, 11) is 0. The number of ether oxygens (including phenoxy) is 2. The molecule has 0 saturated heterocycles. The van der Waals surface area contributed by atoms with Crippen LogP contribution >= 0.6 is 31.9 Å². The number of halogens is 2. The molecule has 1 rings (SSSR count). The quantitative estimate of drug-likeness (QED) is 0.464. The fraction of sp³-hybridized carbons (Fsp3) is 0.467. The molecule has 0 radical (unpaired) electrons. The van der Waals surface area contributed by atoms with Crippen LogP contribution < -0.4 is 10.1 Å². The Balaban J connectivity index is 2.44. The van der Waals surface area contributed by atoms with E-state index in [9.17, 15) is 0 Å². The molecule has 3 nitrogen and oxygen atoms in total. The zero-order chi connectivity index (χ0) is 14.8. The number of hydrogen-bond donors (Lipinski definition) is 1. The van der Waals surface area contributed by atoms with Gasteiger partial charge in [0.05, 0.1) is 24.3 Å². The molecule has 1 N–H and O–H groups in total. The van der Waals surface area contributed by atoms with Crippen LogP contribution in [-0.4, -0.2) is 26.4 Å². The minimum atomic E-state index is 0.651. The number of hydrogen-bond acceptors (Lipinski definition) is 3. The summed E-state index contributed by atoms with van der Waals surface area (Å²) in [6.45, 7) is 9.29. The minimum Gasteiger partial charge on any atom is -0.492 e. The maximum atomic E-state index is 5.68. The summed E-state index contributed by atoms with van der Waals surface area (Å²) in [6, 6.07) is 4.06. The summed E-state index contributed by atoms with van der Waals surface area (Å²) in [5.41, 5.74) is 1.12. The summed E-state index contributed by atoms with van der Waals surface area (Å²) >= 11 is 7.04. The lowest BCUT2D eigenvalue weighted by Crippen LogP contribution is -2.20. The molecule has 5 heteroatoms. The van der Waals surface area contributed by atoms with Gasteiger partial charge >= 0.3 is 0 Å². The van der Waals surface area contributed by atoms with Crippen molar-refractivity contribution in [2.24, 2.45) is 0 Å². The first-order valence-corrected chi connectivity index (χ1v) is 8.27. The molecule has 20 heavy (non-hydrogen) atoms. The van der Waals surface area contributed by atoms with E-state index in [1.54, 1.807) is 0 Å². The number of benzene rings is 1. The van der Waals surface area contributed by atoms with Gasteiger partial charge < -0.3 is 14.8 Å². The van der Waals surface area contributed by atoms with Gasteiger partial charge in [0.25, 0.3) is 0 Å². The Hall–Kier alpha value is -0.360. The summed E-state index contributed by atoms with van der Waals surface area (Å²) in [5.74, 6) is 0.899. The van der Waals surface area contributed by atoms with E-state index in [4.69, 9.17) is 9.47 Å². The fourth-order valence-electron chi connectivity index (χ4n) is 1.69. The third-order valence-corrected chi connectivity index (χ3v) is 3.63. The Bertz CT molecular complexity index is 425. The van der Waals surface area contributed by atoms with Gasteiger partial charge in [0.2, 0.25) is 0 Å². The van der Waals surface area contributed by atoms with Crippen LogP contribution in [0.5, 0.6) is 5.75 Å². The van der Waals surface area contributed by atoms with Crippen LogP contribution in [0.2, 0.25) is 0 Å². The second-order valence-electron chi connectivity index (χ2n) is 4.18. The molecule has 0 unspecified atom stereocenters. The lowest BCUT2D eigenvalue weighted by Gasteiger charge is -2.13. The minimum absolute atomic E-state index is 0.651. The predicted molar refractivity (Wildman–Crippen MR) is 90.4 cm³/mol. The maximum Gasteiger partial charge on any atom is 0.138 e. The van der Waals surface area contributed by atoms with E-state index in [0.29, 0.717) is 13.2 Å². The van der Waals surface area contributed by atoms with E-state index in [-0.39, 0.29) is 0 Å². The topological polar surface area (TPSA) is 30.5 Å². The van der Waals surface area contributed by atoms with Crippen molar-refractivity contribution in [3.63, 3.8) is 0 Å². The SMILES string of the molecule is C=CCCOCCNCc1cc(Br)cc(Br)c1OCC. The molecule has 1 aromatic rings. The van der Waals surface area contributed by atoms with Crippen molar-refractivity contribution in [3.8, 4) is 5.75 Å². The van der Waals surface area contributed by atoms with Gasteiger partial charge in [0, 0.05) is 23.1 Å². The highest BCUT2D eigenvalue weighted by atomic mass is 79.9. The third kappa shape index (κ3) is 6.39. The largest absolute Gasteiger partial charge is 0.492 e. The maximum absolute atomic E-state index is 5.68. The molecule has 0 atom stereocenters. The van der Waals surface area contributed by atoms with Gasteiger partial charge in [0.1, 0.15) is 5.75 Å². The molecule has 0 spiro atoms. The highest BCUT2D eigenvalue weighted by Crippen LogP contribution is 2.32. The van der Waals surface area contributed by atoms with Crippen LogP contribution in [0.1, 0.15) is 18.9 Å². The first kappa shape index (κ1) is 17.7. The molecular formula is C15H21Br2NO2. The molecule has 1 aromatic carbocycles. The van der Waals surface area contributed by atoms with Crippen LogP contribution in [-0.2, 0) is 11.3 Å². The first-order chi connectivity index (χ1) is 9.69. The Labute approximate surface area is 138 Å². The molecule has 112 valence electrons. The molecule has 0 aliphatic heterocycles. The lowest BCUT2D eigenvalue weighted by molar-refractivity contribution is 0.140. The van der Waals surface area contributed by atoms with Gasteiger partial charge in [-0.25, -0.2) is 0 Å². The highest BCUT2D eigenvalue weighted by Gasteiger charge is 2.09. The van der Waals surface area contributed by atoms with Crippen molar-refractivity contribution >= 4 is 31.9 Å². The molecule has 0 aliphatic rings. The van der Waals surface area contributed by atoms with Crippen molar-refractivity contribution in [1.29, 1.82) is 0 Å². The van der Waals surface area contributed by atoms with Crippen LogP contribution in [0, 0.1) is 0 Å². The first-order valence-electron chi connectivity index (χ1n) is 6.69. The third-order valence-electron chi connectivity index (χ3n) is 2.58. The lowest BCUT2D eigenvalue weighted by atomic mass is 10.2. The summed E-state index contributed by atoms with van der Waals surface area (Å²) in [4.78, 5) is 0. The van der Waals surface area contributed by atoms with E-state index in [1.165, 1.54) is 0 Å². The summed E-state index contributed by atoms with van der Waals surface area (Å²) < 4.78 is 13.1. The van der Waals surface area contributed by atoms with E-state index >= 15 is 0 Å². The van der Waals surface area contributed by atoms with E-state index in [2.05, 4.69) is 49.8 Å². The van der Waals surface area contributed by atoms with E-state index in [0.717, 1.165) is 46.4 Å². The molecule has 0 fully saturated rings. The molecule has 0 heterocycles. The molecule has 0 bridgehead atoms. The molecule has 0 aliphatic carbocycles. The normalized spacial score (nSPS) is 10.6. The zero-order valence-electron chi connectivity index (χ0n) is 11.8. The smallest absolute Gasteiger partial charge is 0.138 e. The summed E-state index contributed by atoms with van der Waals surface area (Å²) in [6.07, 6.45) is 2.76. The average molecular weight is 407 g/mol. The average Bonchev–Trinajstić information content (AvgIpc) is 2.41. The fourth-order valence-corrected chi connectivity index (χ4v) is 3.12. The van der Waals surface area contributed by atoms with Gasteiger partial charge in [-0.1, -0.05) is 22.0 Å². The molecule has 0 amide bonds. The van der Waals surface area contributed by atoms with Crippen LogP contribution in [0.25, 0.3) is 0 Å².